The zero-order valence-corrected chi connectivity index (χ0v) is 15.0. The molecule has 26 heavy (non-hydrogen) atoms. The SMILES string of the molecule is CC(C)CN(C)C(=O)c1ccc(-c2ccc3[nH]c(=O)[nH]c(=O)c3c2)cc1. The smallest absolute Gasteiger partial charge is 0.326 e. The van der Waals surface area contributed by atoms with Gasteiger partial charge in [0.15, 0.2) is 0 Å². The Kier molecular flexibility index (Phi) is 4.75. The summed E-state index contributed by atoms with van der Waals surface area (Å²) in [5.74, 6) is 0.392. The van der Waals surface area contributed by atoms with Crippen molar-refractivity contribution < 1.29 is 4.79 Å². The lowest BCUT2D eigenvalue weighted by atomic mass is 10.0. The van der Waals surface area contributed by atoms with Crippen LogP contribution in [0.25, 0.3) is 22.0 Å². The standard InChI is InChI=1S/C20H21N3O3/c1-12(2)11-23(3)19(25)14-6-4-13(5-7-14)15-8-9-17-16(10-15)18(24)22-20(26)21-17/h4-10,12H,11H2,1-3H3,(H2,21,22,24,26). The summed E-state index contributed by atoms with van der Waals surface area (Å²) in [5.41, 5.74) is 1.89. The number of nitrogens with one attached hydrogen (secondary N) is 2. The Morgan fingerprint density at radius 2 is 1.65 bits per heavy atom. The quantitative estimate of drug-likeness (QED) is 0.757. The molecular weight excluding hydrogens is 330 g/mol. The van der Waals surface area contributed by atoms with Crippen LogP contribution in [0, 0.1) is 5.92 Å². The Hall–Kier alpha value is -3.15. The van der Waals surface area contributed by atoms with Gasteiger partial charge in [0, 0.05) is 19.2 Å². The van der Waals surface area contributed by atoms with E-state index in [4.69, 9.17) is 0 Å². The summed E-state index contributed by atoms with van der Waals surface area (Å²) in [6.45, 7) is 4.84. The normalized spacial score (nSPS) is 11.1. The lowest BCUT2D eigenvalue weighted by Gasteiger charge is -2.19. The van der Waals surface area contributed by atoms with Gasteiger partial charge in [-0.15, -0.1) is 0 Å². The third-order valence-corrected chi connectivity index (χ3v) is 4.19. The molecule has 3 aromatic rings. The molecule has 0 bridgehead atoms. The van der Waals surface area contributed by atoms with E-state index >= 15 is 0 Å². The predicted molar refractivity (Wildman–Crippen MR) is 102 cm³/mol. The summed E-state index contributed by atoms with van der Waals surface area (Å²) in [6, 6.07) is 12.6. The first-order valence-electron chi connectivity index (χ1n) is 8.47. The molecule has 0 radical (unpaired) electrons. The number of amides is 1. The van der Waals surface area contributed by atoms with Crippen molar-refractivity contribution in [3.05, 3.63) is 68.9 Å². The number of aromatic nitrogens is 2. The highest BCUT2D eigenvalue weighted by Gasteiger charge is 2.13. The van der Waals surface area contributed by atoms with Crippen LogP contribution in [-0.2, 0) is 0 Å². The number of nitrogens with zero attached hydrogens (tertiary/aromatic N) is 1. The Bertz CT molecular complexity index is 1060. The molecule has 0 spiro atoms. The van der Waals surface area contributed by atoms with Crippen LogP contribution in [0.5, 0.6) is 0 Å². The second kappa shape index (κ2) is 7.00. The van der Waals surface area contributed by atoms with Gasteiger partial charge in [0.05, 0.1) is 10.9 Å². The van der Waals surface area contributed by atoms with Gasteiger partial charge in [-0.3, -0.25) is 14.6 Å². The number of carbonyl (C=O) groups is 1. The second-order valence-corrected chi connectivity index (χ2v) is 6.83. The fraction of sp³-hybridized carbons (Fsp3) is 0.250. The molecule has 0 aliphatic rings. The first kappa shape index (κ1) is 17.7. The minimum absolute atomic E-state index is 0.0159. The molecule has 0 aliphatic carbocycles. The number of hydrogen-bond donors (Lipinski definition) is 2. The molecule has 2 N–H and O–H groups in total. The average molecular weight is 351 g/mol. The summed E-state index contributed by atoms with van der Waals surface area (Å²) in [5, 5.41) is 0.416. The molecule has 134 valence electrons. The molecule has 0 atom stereocenters. The largest absolute Gasteiger partial charge is 0.341 e. The van der Waals surface area contributed by atoms with E-state index in [0.29, 0.717) is 28.9 Å². The lowest BCUT2D eigenvalue weighted by molar-refractivity contribution is 0.0779. The van der Waals surface area contributed by atoms with Crippen LogP contribution < -0.4 is 11.2 Å². The van der Waals surface area contributed by atoms with Crippen molar-refractivity contribution in [1.29, 1.82) is 0 Å². The highest BCUT2D eigenvalue weighted by atomic mass is 16.2. The van der Waals surface area contributed by atoms with Crippen LogP contribution in [0.15, 0.2) is 52.1 Å². The first-order valence-corrected chi connectivity index (χ1v) is 8.47. The van der Waals surface area contributed by atoms with E-state index in [9.17, 15) is 14.4 Å². The third kappa shape index (κ3) is 3.59. The minimum Gasteiger partial charge on any atom is -0.341 e. The number of carbonyl (C=O) groups excluding carboxylic acids is 1. The van der Waals surface area contributed by atoms with E-state index in [1.165, 1.54) is 0 Å². The summed E-state index contributed by atoms with van der Waals surface area (Å²) in [6.07, 6.45) is 0. The number of aromatic amines is 2. The molecule has 1 heterocycles. The van der Waals surface area contributed by atoms with Crippen molar-refractivity contribution in [2.45, 2.75) is 13.8 Å². The highest BCUT2D eigenvalue weighted by molar-refractivity contribution is 5.94. The number of hydrogen-bond acceptors (Lipinski definition) is 3. The monoisotopic (exact) mass is 351 g/mol. The fourth-order valence-corrected chi connectivity index (χ4v) is 3.00. The van der Waals surface area contributed by atoms with Crippen molar-refractivity contribution in [1.82, 2.24) is 14.9 Å². The molecule has 1 amide bonds. The highest BCUT2D eigenvalue weighted by Crippen LogP contribution is 2.22. The maximum atomic E-state index is 12.4. The van der Waals surface area contributed by atoms with E-state index in [-0.39, 0.29) is 5.91 Å². The second-order valence-electron chi connectivity index (χ2n) is 6.83. The molecule has 3 rings (SSSR count). The Morgan fingerprint density at radius 1 is 1.00 bits per heavy atom. The molecule has 0 fully saturated rings. The van der Waals surface area contributed by atoms with Crippen molar-refractivity contribution in [2.24, 2.45) is 5.92 Å². The maximum Gasteiger partial charge on any atom is 0.326 e. The molecule has 0 aliphatic heterocycles. The molecule has 0 unspecified atom stereocenters. The van der Waals surface area contributed by atoms with Crippen LogP contribution in [0.1, 0.15) is 24.2 Å². The van der Waals surface area contributed by atoms with Gasteiger partial charge in [0.1, 0.15) is 0 Å². The summed E-state index contributed by atoms with van der Waals surface area (Å²) in [4.78, 5) is 42.3. The maximum absolute atomic E-state index is 12.4. The van der Waals surface area contributed by atoms with Crippen LogP contribution >= 0.6 is 0 Å². The Labute approximate surface area is 150 Å². The number of fused-ring (bicyclic) bond motifs is 1. The van der Waals surface area contributed by atoms with Crippen molar-refractivity contribution in [2.75, 3.05) is 13.6 Å². The average Bonchev–Trinajstić information content (AvgIpc) is 2.60. The van der Waals surface area contributed by atoms with Crippen LogP contribution in [-0.4, -0.2) is 34.4 Å². The summed E-state index contributed by atoms with van der Waals surface area (Å²) >= 11 is 0. The fourth-order valence-electron chi connectivity index (χ4n) is 3.00. The Morgan fingerprint density at radius 3 is 2.31 bits per heavy atom. The van der Waals surface area contributed by atoms with Gasteiger partial charge in [0.2, 0.25) is 0 Å². The van der Waals surface area contributed by atoms with Crippen molar-refractivity contribution in [3.8, 4) is 11.1 Å². The van der Waals surface area contributed by atoms with Gasteiger partial charge < -0.3 is 9.88 Å². The van der Waals surface area contributed by atoms with Gasteiger partial charge in [-0.2, -0.15) is 0 Å². The zero-order chi connectivity index (χ0) is 18.8. The molecule has 0 saturated heterocycles. The molecular formula is C20H21N3O3. The van der Waals surface area contributed by atoms with Gasteiger partial charge in [-0.25, -0.2) is 4.79 Å². The van der Waals surface area contributed by atoms with Crippen LogP contribution in [0.4, 0.5) is 0 Å². The summed E-state index contributed by atoms with van der Waals surface area (Å²) in [7, 11) is 1.80. The predicted octanol–water partition coefficient (Wildman–Crippen LogP) is 2.61. The van der Waals surface area contributed by atoms with Gasteiger partial charge in [-0.1, -0.05) is 32.0 Å². The van der Waals surface area contributed by atoms with Gasteiger partial charge in [-0.05, 0) is 41.3 Å². The molecule has 0 saturated carbocycles. The van der Waals surface area contributed by atoms with E-state index in [2.05, 4.69) is 23.8 Å². The van der Waals surface area contributed by atoms with Crippen molar-refractivity contribution in [3.63, 3.8) is 0 Å². The summed E-state index contributed by atoms with van der Waals surface area (Å²) < 4.78 is 0. The molecule has 6 heteroatoms. The Balaban J connectivity index is 1.91. The number of H-pyrrole nitrogens is 2. The third-order valence-electron chi connectivity index (χ3n) is 4.19. The van der Waals surface area contributed by atoms with E-state index in [1.54, 1.807) is 36.2 Å². The van der Waals surface area contributed by atoms with Crippen molar-refractivity contribution >= 4 is 16.8 Å². The number of rotatable bonds is 4. The number of benzene rings is 2. The molecule has 6 nitrogen and oxygen atoms in total. The minimum atomic E-state index is -0.524. The van der Waals surface area contributed by atoms with E-state index in [0.717, 1.165) is 11.1 Å². The van der Waals surface area contributed by atoms with Gasteiger partial charge in [0.25, 0.3) is 11.5 Å². The molecule has 2 aromatic carbocycles. The lowest BCUT2D eigenvalue weighted by Crippen LogP contribution is -2.30. The van der Waals surface area contributed by atoms with Crippen LogP contribution in [0.3, 0.4) is 0 Å². The van der Waals surface area contributed by atoms with Crippen LogP contribution in [0.2, 0.25) is 0 Å². The topological polar surface area (TPSA) is 86.0 Å². The zero-order valence-electron chi connectivity index (χ0n) is 15.0. The van der Waals surface area contributed by atoms with E-state index in [1.807, 2.05) is 18.2 Å². The molecule has 1 aromatic heterocycles. The first-order chi connectivity index (χ1) is 12.3. The van der Waals surface area contributed by atoms with E-state index < -0.39 is 11.2 Å². The van der Waals surface area contributed by atoms with Gasteiger partial charge >= 0.3 is 5.69 Å².